The molecule has 0 radical (unpaired) electrons. The largest absolute Gasteiger partial charge is 0.352 e. The fourth-order valence-electron chi connectivity index (χ4n) is 3.18. The van der Waals surface area contributed by atoms with Crippen molar-refractivity contribution in [2.24, 2.45) is 27.9 Å². The Hall–Kier alpha value is -3.33. The number of nitrogens with two attached hydrogens (primary N) is 4. The molecule has 9 heteroatoms. The number of carbonyl (C=O) groups excluding carboxylic acids is 1. The van der Waals surface area contributed by atoms with Gasteiger partial charge < -0.3 is 22.9 Å². The monoisotopic (exact) mass is 426 g/mol. The fraction of sp³-hybridized carbons (Fsp3) is 0.0952. The summed E-state index contributed by atoms with van der Waals surface area (Å²) < 4.78 is 14.4. The lowest BCUT2D eigenvalue weighted by Gasteiger charge is -2.33. The third kappa shape index (κ3) is 4.30. The molecule has 1 aromatic heterocycles. The molecule has 3 aromatic rings. The SMILES string of the molecule is NC(N)=O.NC1C=NC=CC1(N)c1cc(-c2cc(Cl)ccc2F)nc2ccccc12. The molecule has 0 fully saturated rings. The maximum Gasteiger partial charge on any atom is 0.309 e. The molecule has 2 atom stereocenters. The zero-order chi connectivity index (χ0) is 21.9. The van der Waals surface area contributed by atoms with Crippen molar-refractivity contribution >= 4 is 34.7 Å². The minimum absolute atomic E-state index is 0.315. The van der Waals surface area contributed by atoms with E-state index in [0.717, 1.165) is 10.9 Å². The van der Waals surface area contributed by atoms with Gasteiger partial charge in [-0.25, -0.2) is 14.2 Å². The highest BCUT2D eigenvalue weighted by atomic mass is 35.5. The maximum absolute atomic E-state index is 14.4. The molecule has 2 aromatic carbocycles. The number of urea groups is 1. The van der Waals surface area contributed by atoms with Crippen molar-refractivity contribution in [3.63, 3.8) is 0 Å². The van der Waals surface area contributed by atoms with Crippen LogP contribution in [0.1, 0.15) is 5.56 Å². The van der Waals surface area contributed by atoms with Crippen LogP contribution in [0, 0.1) is 5.82 Å². The van der Waals surface area contributed by atoms with Crippen LogP contribution in [-0.2, 0) is 5.54 Å². The molecule has 0 spiro atoms. The second-order valence-electron chi connectivity index (χ2n) is 6.67. The third-order valence-corrected chi connectivity index (χ3v) is 4.86. The smallest absolute Gasteiger partial charge is 0.309 e. The van der Waals surface area contributed by atoms with Crippen LogP contribution >= 0.6 is 11.6 Å². The first-order valence-corrected chi connectivity index (χ1v) is 9.26. The van der Waals surface area contributed by atoms with Gasteiger partial charge in [-0.15, -0.1) is 0 Å². The highest BCUT2D eigenvalue weighted by molar-refractivity contribution is 6.30. The minimum Gasteiger partial charge on any atom is -0.352 e. The second-order valence-corrected chi connectivity index (χ2v) is 7.11. The Balaban J connectivity index is 0.000000589. The van der Waals surface area contributed by atoms with E-state index in [0.29, 0.717) is 21.8 Å². The van der Waals surface area contributed by atoms with Gasteiger partial charge >= 0.3 is 6.03 Å². The molecule has 154 valence electrons. The number of aromatic nitrogens is 1. The maximum atomic E-state index is 14.4. The lowest BCUT2D eigenvalue weighted by molar-refractivity contribution is 0.256. The van der Waals surface area contributed by atoms with Crippen molar-refractivity contribution in [3.8, 4) is 11.3 Å². The quantitative estimate of drug-likeness (QED) is 0.498. The van der Waals surface area contributed by atoms with Gasteiger partial charge in [-0.2, -0.15) is 0 Å². The van der Waals surface area contributed by atoms with Gasteiger partial charge in [-0.1, -0.05) is 29.8 Å². The number of para-hydroxylation sites is 1. The van der Waals surface area contributed by atoms with Crippen molar-refractivity contribution in [1.82, 2.24) is 4.98 Å². The van der Waals surface area contributed by atoms with Gasteiger partial charge in [-0.3, -0.25) is 4.99 Å². The van der Waals surface area contributed by atoms with Crippen molar-refractivity contribution < 1.29 is 9.18 Å². The summed E-state index contributed by atoms with van der Waals surface area (Å²) >= 11 is 6.06. The van der Waals surface area contributed by atoms with Crippen molar-refractivity contribution in [3.05, 3.63) is 77.2 Å². The first-order valence-electron chi connectivity index (χ1n) is 8.88. The Bertz CT molecular complexity index is 1160. The topological polar surface area (TPSA) is 146 Å². The average molecular weight is 427 g/mol. The summed E-state index contributed by atoms with van der Waals surface area (Å²) in [5.74, 6) is -0.403. The number of hydrogen-bond donors (Lipinski definition) is 4. The number of nitrogens with zero attached hydrogens (tertiary/aromatic N) is 2. The van der Waals surface area contributed by atoms with Gasteiger partial charge in [0.25, 0.3) is 0 Å². The van der Waals surface area contributed by atoms with Crippen molar-refractivity contribution in [1.29, 1.82) is 0 Å². The lowest BCUT2D eigenvalue weighted by atomic mass is 9.81. The van der Waals surface area contributed by atoms with Crippen LogP contribution < -0.4 is 22.9 Å². The Morgan fingerprint density at radius 1 is 1.13 bits per heavy atom. The van der Waals surface area contributed by atoms with E-state index in [-0.39, 0.29) is 0 Å². The van der Waals surface area contributed by atoms with Crippen molar-refractivity contribution in [2.75, 3.05) is 0 Å². The number of halogens is 2. The van der Waals surface area contributed by atoms with Crippen LogP contribution in [0.5, 0.6) is 0 Å². The Morgan fingerprint density at radius 2 is 1.83 bits per heavy atom. The molecule has 1 aliphatic rings. The number of rotatable bonds is 2. The van der Waals surface area contributed by atoms with E-state index in [1.807, 2.05) is 24.3 Å². The molecule has 4 rings (SSSR count). The van der Waals surface area contributed by atoms with E-state index in [9.17, 15) is 4.39 Å². The number of pyridine rings is 1. The van der Waals surface area contributed by atoms with E-state index in [4.69, 9.17) is 27.9 Å². The van der Waals surface area contributed by atoms with Crippen LogP contribution in [0.25, 0.3) is 22.2 Å². The van der Waals surface area contributed by atoms with E-state index in [1.54, 1.807) is 30.6 Å². The van der Waals surface area contributed by atoms with Crippen LogP contribution in [-0.4, -0.2) is 23.3 Å². The Morgan fingerprint density at radius 3 is 2.53 bits per heavy atom. The zero-order valence-corrected chi connectivity index (χ0v) is 16.6. The zero-order valence-electron chi connectivity index (χ0n) is 15.8. The summed E-state index contributed by atoms with van der Waals surface area (Å²) in [5.41, 5.74) is 22.6. The van der Waals surface area contributed by atoms with Gasteiger partial charge in [0, 0.05) is 28.4 Å². The minimum atomic E-state index is -0.978. The first-order chi connectivity index (χ1) is 14.2. The van der Waals surface area contributed by atoms with Gasteiger partial charge in [0.1, 0.15) is 5.82 Å². The molecule has 8 N–H and O–H groups in total. The molecule has 0 bridgehead atoms. The molecule has 2 heterocycles. The molecule has 0 saturated heterocycles. The first kappa shape index (κ1) is 21.4. The molecule has 1 aliphatic heterocycles. The molecular formula is C21H20ClFN6O. The number of aliphatic imine (C=N–C) groups is 1. The summed E-state index contributed by atoms with van der Waals surface area (Å²) in [6, 6.07) is 12.4. The molecular weight excluding hydrogens is 407 g/mol. The third-order valence-electron chi connectivity index (χ3n) is 4.62. The van der Waals surface area contributed by atoms with Gasteiger partial charge in [0.15, 0.2) is 0 Å². The Labute approximate surface area is 177 Å². The number of hydrogen-bond acceptors (Lipinski definition) is 5. The normalized spacial score (nSPS) is 19.9. The summed E-state index contributed by atoms with van der Waals surface area (Å²) in [5, 5.41) is 1.29. The number of benzene rings is 2. The molecule has 0 aliphatic carbocycles. The van der Waals surface area contributed by atoms with Crippen LogP contribution in [0.3, 0.4) is 0 Å². The second kappa shape index (κ2) is 8.58. The van der Waals surface area contributed by atoms with Gasteiger partial charge in [0.05, 0.1) is 22.8 Å². The summed E-state index contributed by atoms with van der Waals surface area (Å²) in [7, 11) is 0. The molecule has 2 amide bonds. The number of carbonyl (C=O) groups is 1. The Kier molecular flexibility index (Phi) is 6.12. The summed E-state index contributed by atoms with van der Waals surface area (Å²) in [6.07, 6.45) is 4.99. The predicted molar refractivity (Wildman–Crippen MR) is 117 cm³/mol. The summed E-state index contributed by atoms with van der Waals surface area (Å²) in [4.78, 5) is 17.7. The highest BCUT2D eigenvalue weighted by Gasteiger charge is 2.34. The van der Waals surface area contributed by atoms with E-state index in [1.165, 1.54) is 12.1 Å². The standard InChI is InChI=1S/C20H16ClFN4.CH4N2O/c21-12-5-6-16(22)14(9-12)18-10-15(13-3-1-2-4-17(13)26-18)20(24)7-8-25-11-19(20)23;2-1(3)4/h1-11,19H,23-24H2;(H4,2,3,4). The summed E-state index contributed by atoms with van der Waals surface area (Å²) in [6.45, 7) is 0. The van der Waals surface area contributed by atoms with E-state index < -0.39 is 23.4 Å². The van der Waals surface area contributed by atoms with Gasteiger partial charge in [-0.05, 0) is 42.0 Å². The highest BCUT2D eigenvalue weighted by Crippen LogP contribution is 2.35. The number of amides is 2. The molecule has 7 nitrogen and oxygen atoms in total. The predicted octanol–water partition coefficient (Wildman–Crippen LogP) is 2.80. The van der Waals surface area contributed by atoms with Crippen LogP contribution in [0.2, 0.25) is 5.02 Å². The van der Waals surface area contributed by atoms with Crippen LogP contribution in [0.15, 0.2) is 65.8 Å². The van der Waals surface area contributed by atoms with Crippen LogP contribution in [0.4, 0.5) is 9.18 Å². The van der Waals surface area contributed by atoms with Gasteiger partial charge in [0.2, 0.25) is 0 Å². The van der Waals surface area contributed by atoms with Crippen molar-refractivity contribution in [2.45, 2.75) is 11.6 Å². The molecule has 2 unspecified atom stereocenters. The molecule has 30 heavy (non-hydrogen) atoms. The average Bonchev–Trinajstić information content (AvgIpc) is 2.71. The lowest BCUT2D eigenvalue weighted by Crippen LogP contribution is -2.53. The van der Waals surface area contributed by atoms with E-state index in [2.05, 4.69) is 21.4 Å². The number of primary amides is 2. The fourth-order valence-corrected chi connectivity index (χ4v) is 3.35. The van der Waals surface area contributed by atoms with E-state index >= 15 is 0 Å². The molecule has 0 saturated carbocycles. The number of fused-ring (bicyclic) bond motifs is 1.